The summed E-state index contributed by atoms with van der Waals surface area (Å²) in [6.45, 7) is 0.818. The highest BCUT2D eigenvalue weighted by molar-refractivity contribution is 5.75. The first-order valence-corrected chi connectivity index (χ1v) is 8.64. The number of benzene rings is 1. The summed E-state index contributed by atoms with van der Waals surface area (Å²) >= 11 is 0. The number of carbonyl (C=O) groups is 1. The van der Waals surface area contributed by atoms with Crippen molar-refractivity contribution in [3.63, 3.8) is 0 Å². The molecule has 0 saturated heterocycles. The van der Waals surface area contributed by atoms with Gasteiger partial charge in [0.15, 0.2) is 0 Å². The lowest BCUT2D eigenvalue weighted by molar-refractivity contribution is -0.130. The van der Waals surface area contributed by atoms with Gasteiger partial charge in [-0.25, -0.2) is 4.68 Å². The lowest BCUT2D eigenvalue weighted by Gasteiger charge is -2.16. The lowest BCUT2D eigenvalue weighted by Crippen LogP contribution is -2.28. The predicted molar refractivity (Wildman–Crippen MR) is 102 cm³/mol. The van der Waals surface area contributed by atoms with Crippen LogP contribution >= 0.6 is 0 Å². The number of ether oxygens (including phenoxy) is 1. The maximum atomic E-state index is 12.4. The smallest absolute Gasteiger partial charge is 0.250 e. The molecule has 1 amide bonds. The first-order chi connectivity index (χ1) is 13.1. The summed E-state index contributed by atoms with van der Waals surface area (Å²) in [4.78, 5) is 25.7. The molecule has 1 aromatic carbocycles. The maximum absolute atomic E-state index is 12.4. The van der Waals surface area contributed by atoms with E-state index >= 15 is 0 Å². The predicted octanol–water partition coefficient (Wildman–Crippen LogP) is 2.09. The summed E-state index contributed by atoms with van der Waals surface area (Å²) in [7, 11) is 3.37. The second-order valence-corrected chi connectivity index (χ2v) is 6.23. The molecular formula is C20H22N4O3. The number of aryl methyl sites for hydroxylation is 1. The van der Waals surface area contributed by atoms with Gasteiger partial charge in [-0.1, -0.05) is 12.1 Å². The zero-order valence-electron chi connectivity index (χ0n) is 15.4. The fraction of sp³-hybridized carbons (Fsp3) is 0.250. The van der Waals surface area contributed by atoms with Gasteiger partial charge in [0.25, 0.3) is 5.56 Å². The van der Waals surface area contributed by atoms with Gasteiger partial charge in [-0.15, -0.1) is 0 Å². The van der Waals surface area contributed by atoms with Crippen LogP contribution in [0.15, 0.2) is 65.8 Å². The minimum absolute atomic E-state index is 0.0279. The highest BCUT2D eigenvalue weighted by atomic mass is 16.5. The Morgan fingerprint density at radius 3 is 2.85 bits per heavy atom. The molecule has 0 aliphatic carbocycles. The van der Waals surface area contributed by atoms with Gasteiger partial charge in [0.1, 0.15) is 5.75 Å². The third-order valence-corrected chi connectivity index (χ3v) is 4.27. The largest absolute Gasteiger partial charge is 0.497 e. The van der Waals surface area contributed by atoms with Crippen LogP contribution in [0, 0.1) is 0 Å². The van der Waals surface area contributed by atoms with E-state index in [-0.39, 0.29) is 17.9 Å². The molecule has 2 aromatic heterocycles. The zero-order chi connectivity index (χ0) is 19.2. The van der Waals surface area contributed by atoms with E-state index in [1.54, 1.807) is 48.3 Å². The van der Waals surface area contributed by atoms with Crippen molar-refractivity contribution in [3.8, 4) is 11.4 Å². The first-order valence-electron chi connectivity index (χ1n) is 8.64. The van der Waals surface area contributed by atoms with E-state index in [9.17, 15) is 9.59 Å². The van der Waals surface area contributed by atoms with E-state index in [0.717, 1.165) is 17.0 Å². The molecule has 0 unspecified atom stereocenters. The van der Waals surface area contributed by atoms with Gasteiger partial charge in [0, 0.05) is 56.6 Å². The Balaban J connectivity index is 1.60. The van der Waals surface area contributed by atoms with Crippen molar-refractivity contribution in [3.05, 3.63) is 77.0 Å². The van der Waals surface area contributed by atoms with E-state index in [2.05, 4.69) is 5.10 Å². The van der Waals surface area contributed by atoms with Crippen molar-refractivity contribution in [1.29, 1.82) is 0 Å². The van der Waals surface area contributed by atoms with Crippen LogP contribution in [0.5, 0.6) is 5.75 Å². The van der Waals surface area contributed by atoms with Crippen molar-refractivity contribution >= 4 is 5.91 Å². The van der Waals surface area contributed by atoms with Crippen LogP contribution < -0.4 is 10.3 Å². The fourth-order valence-electron chi connectivity index (χ4n) is 2.75. The molecule has 0 aliphatic heterocycles. The minimum atomic E-state index is -0.104. The Morgan fingerprint density at radius 1 is 1.22 bits per heavy atom. The number of nitrogens with zero attached hydrogens (tertiary/aromatic N) is 4. The minimum Gasteiger partial charge on any atom is -0.497 e. The SMILES string of the molecule is COc1cccc(-n2cc(CN(C)C(=O)CCn3ccccc3=O)cn2)c1. The van der Waals surface area contributed by atoms with Crippen molar-refractivity contribution in [2.24, 2.45) is 0 Å². The van der Waals surface area contributed by atoms with Gasteiger partial charge in [0.2, 0.25) is 5.91 Å². The Labute approximate surface area is 157 Å². The van der Waals surface area contributed by atoms with Crippen LogP contribution in [-0.2, 0) is 17.9 Å². The van der Waals surface area contributed by atoms with Gasteiger partial charge in [-0.05, 0) is 18.2 Å². The van der Waals surface area contributed by atoms with Gasteiger partial charge < -0.3 is 14.2 Å². The molecular weight excluding hydrogens is 344 g/mol. The third kappa shape index (κ3) is 4.63. The Hall–Kier alpha value is -3.35. The molecule has 7 heteroatoms. The number of aromatic nitrogens is 3. The molecule has 0 bridgehead atoms. The van der Waals surface area contributed by atoms with E-state index in [0.29, 0.717) is 13.1 Å². The van der Waals surface area contributed by atoms with Crippen LogP contribution in [0.2, 0.25) is 0 Å². The Kier molecular flexibility index (Phi) is 5.71. The molecule has 140 valence electrons. The quantitative estimate of drug-likeness (QED) is 0.642. The zero-order valence-corrected chi connectivity index (χ0v) is 15.4. The maximum Gasteiger partial charge on any atom is 0.250 e. The van der Waals surface area contributed by atoms with Gasteiger partial charge in [0.05, 0.1) is 19.0 Å². The average Bonchev–Trinajstić information content (AvgIpc) is 3.15. The topological polar surface area (TPSA) is 69.4 Å². The van der Waals surface area contributed by atoms with Gasteiger partial charge in [-0.2, -0.15) is 5.10 Å². The van der Waals surface area contributed by atoms with Crippen molar-refractivity contribution in [2.45, 2.75) is 19.5 Å². The molecule has 3 aromatic rings. The van der Waals surface area contributed by atoms with Crippen LogP contribution in [-0.4, -0.2) is 39.3 Å². The number of hydrogen-bond donors (Lipinski definition) is 0. The molecule has 0 spiro atoms. The summed E-state index contributed by atoms with van der Waals surface area (Å²) in [6.07, 6.45) is 5.59. The van der Waals surface area contributed by atoms with E-state index in [4.69, 9.17) is 4.74 Å². The number of amides is 1. The van der Waals surface area contributed by atoms with Crippen molar-refractivity contribution in [2.75, 3.05) is 14.2 Å². The lowest BCUT2D eigenvalue weighted by atomic mass is 10.3. The molecule has 2 heterocycles. The molecule has 0 fully saturated rings. The normalized spacial score (nSPS) is 10.6. The average molecular weight is 366 g/mol. The monoisotopic (exact) mass is 366 g/mol. The number of rotatable bonds is 7. The molecule has 3 rings (SSSR count). The van der Waals surface area contributed by atoms with Crippen LogP contribution in [0.4, 0.5) is 0 Å². The molecule has 0 N–H and O–H groups in total. The van der Waals surface area contributed by atoms with Crippen molar-refractivity contribution < 1.29 is 9.53 Å². The van der Waals surface area contributed by atoms with E-state index < -0.39 is 0 Å². The number of carbonyl (C=O) groups excluding carboxylic acids is 1. The number of methoxy groups -OCH3 is 1. The second kappa shape index (κ2) is 8.35. The number of pyridine rings is 1. The molecule has 0 radical (unpaired) electrons. The van der Waals surface area contributed by atoms with Gasteiger partial charge in [-0.3, -0.25) is 9.59 Å². The molecule has 0 aliphatic rings. The first kappa shape index (κ1) is 18.4. The summed E-state index contributed by atoms with van der Waals surface area (Å²) in [5, 5.41) is 4.36. The molecule has 27 heavy (non-hydrogen) atoms. The van der Waals surface area contributed by atoms with Crippen LogP contribution in [0.25, 0.3) is 5.69 Å². The van der Waals surface area contributed by atoms with Crippen molar-refractivity contribution in [1.82, 2.24) is 19.2 Å². The highest BCUT2D eigenvalue weighted by Crippen LogP contribution is 2.16. The van der Waals surface area contributed by atoms with Gasteiger partial charge >= 0.3 is 0 Å². The molecule has 0 atom stereocenters. The van der Waals surface area contributed by atoms with E-state index in [1.807, 2.05) is 30.5 Å². The second-order valence-electron chi connectivity index (χ2n) is 6.23. The standard InChI is InChI=1S/C20H22N4O3/c1-22(19(25)9-11-23-10-4-3-8-20(23)26)14-16-13-21-24(15-16)17-6-5-7-18(12-17)27-2/h3-8,10,12-13,15H,9,11,14H2,1-2H3. The summed E-state index contributed by atoms with van der Waals surface area (Å²) < 4.78 is 8.52. The molecule has 7 nitrogen and oxygen atoms in total. The third-order valence-electron chi connectivity index (χ3n) is 4.27. The molecule has 0 saturated carbocycles. The Morgan fingerprint density at radius 2 is 2.07 bits per heavy atom. The van der Waals surface area contributed by atoms with Crippen LogP contribution in [0.1, 0.15) is 12.0 Å². The van der Waals surface area contributed by atoms with Crippen LogP contribution in [0.3, 0.4) is 0 Å². The number of hydrogen-bond acceptors (Lipinski definition) is 4. The highest BCUT2D eigenvalue weighted by Gasteiger charge is 2.11. The summed E-state index contributed by atoms with van der Waals surface area (Å²) in [5.74, 6) is 0.730. The Bertz CT molecular complexity index is 977. The fourth-order valence-corrected chi connectivity index (χ4v) is 2.75. The summed E-state index contributed by atoms with van der Waals surface area (Å²) in [6, 6.07) is 12.6. The van der Waals surface area contributed by atoms with E-state index in [1.165, 1.54) is 10.6 Å². The summed E-state index contributed by atoms with van der Waals surface area (Å²) in [5.41, 5.74) is 1.70.